The van der Waals surface area contributed by atoms with Gasteiger partial charge in [0.25, 0.3) is 17.7 Å². The topological polar surface area (TPSA) is 127 Å². The molecule has 4 unspecified atom stereocenters. The van der Waals surface area contributed by atoms with Crippen molar-refractivity contribution in [3.8, 4) is 5.75 Å². The first-order valence-corrected chi connectivity index (χ1v) is 20.4. The highest BCUT2D eigenvalue weighted by atomic mass is 35.5. The van der Waals surface area contributed by atoms with Crippen LogP contribution in [-0.2, 0) is 9.59 Å². The normalized spacial score (nSPS) is 25.2. The van der Waals surface area contributed by atoms with Crippen molar-refractivity contribution in [2.75, 3.05) is 62.2 Å². The zero-order valence-electron chi connectivity index (χ0n) is 31.6. The van der Waals surface area contributed by atoms with Gasteiger partial charge < -0.3 is 19.4 Å². The van der Waals surface area contributed by atoms with Crippen LogP contribution >= 0.6 is 11.6 Å². The van der Waals surface area contributed by atoms with Crippen LogP contribution in [-0.4, -0.2) is 115 Å². The maximum atomic E-state index is 13.7. The van der Waals surface area contributed by atoms with Gasteiger partial charge in [0.2, 0.25) is 17.5 Å². The zero-order valence-corrected chi connectivity index (χ0v) is 32.3. The summed E-state index contributed by atoms with van der Waals surface area (Å²) in [6.45, 7) is 14.1. The van der Waals surface area contributed by atoms with Crippen LogP contribution in [0.15, 0.2) is 60.7 Å². The lowest BCUT2D eigenvalue weighted by Gasteiger charge is -2.40. The molecule has 14 heteroatoms. The van der Waals surface area contributed by atoms with Gasteiger partial charge in [0.1, 0.15) is 17.9 Å². The van der Waals surface area contributed by atoms with Gasteiger partial charge in [0.15, 0.2) is 0 Å². The number of hydrogen-bond donors (Lipinski definition) is 1. The quantitative estimate of drug-likeness (QED) is 0.248. The summed E-state index contributed by atoms with van der Waals surface area (Å²) < 4.78 is 6.35. The summed E-state index contributed by atoms with van der Waals surface area (Å²) in [4.78, 5) is 78.4. The number of nitrogens with zero attached hydrogens (tertiary/aromatic N) is 6. The van der Waals surface area contributed by atoms with Crippen LogP contribution in [0.2, 0.25) is 5.02 Å². The number of imide groups is 2. The molecule has 294 valence electrons. The molecule has 3 aromatic carbocycles. The number of hydrogen-bond acceptors (Lipinski definition) is 9. The van der Waals surface area contributed by atoms with Gasteiger partial charge in [0, 0.05) is 75.9 Å². The fourth-order valence-electron chi connectivity index (χ4n) is 9.81. The van der Waals surface area contributed by atoms with Crippen LogP contribution in [0.1, 0.15) is 69.6 Å². The van der Waals surface area contributed by atoms with E-state index in [-0.39, 0.29) is 42.7 Å². The van der Waals surface area contributed by atoms with Gasteiger partial charge in [-0.25, -0.2) is 4.85 Å². The van der Waals surface area contributed by atoms with Gasteiger partial charge in [-0.1, -0.05) is 23.7 Å². The molecule has 0 aromatic heterocycles. The van der Waals surface area contributed by atoms with E-state index in [1.807, 2.05) is 23.1 Å². The maximum absolute atomic E-state index is 13.7. The molecule has 4 atom stereocenters. The number of benzene rings is 3. The molecule has 5 amide bonds. The first-order chi connectivity index (χ1) is 27.7. The summed E-state index contributed by atoms with van der Waals surface area (Å²) in [5.74, 6) is -0.492. The van der Waals surface area contributed by atoms with Gasteiger partial charge >= 0.3 is 0 Å². The lowest BCUT2D eigenvalue weighted by atomic mass is 9.94. The molecule has 3 aromatic rings. The summed E-state index contributed by atoms with van der Waals surface area (Å²) in [6.07, 6.45) is 4.00. The van der Waals surface area contributed by atoms with Crippen molar-refractivity contribution in [2.24, 2.45) is 11.8 Å². The number of halogens is 1. The Hall–Kier alpha value is -5.45. The molecule has 5 heterocycles. The summed E-state index contributed by atoms with van der Waals surface area (Å²) in [5, 5.41) is 2.64. The van der Waals surface area contributed by atoms with Crippen LogP contribution in [0, 0.1) is 18.4 Å². The van der Waals surface area contributed by atoms with E-state index in [0.29, 0.717) is 45.6 Å². The number of fused-ring (bicyclic) bond motifs is 3. The smallest absolute Gasteiger partial charge is 0.264 e. The number of ether oxygens (including phenoxy) is 1. The Bertz CT molecular complexity index is 2170. The van der Waals surface area contributed by atoms with E-state index in [4.69, 9.17) is 22.9 Å². The monoisotopic (exact) mass is 789 g/mol. The minimum Gasteiger partial charge on any atom is -0.488 e. The Morgan fingerprint density at radius 2 is 1.63 bits per heavy atom. The predicted octanol–water partition coefficient (Wildman–Crippen LogP) is 5.01. The van der Waals surface area contributed by atoms with E-state index >= 15 is 0 Å². The molecule has 1 N–H and O–H groups in total. The van der Waals surface area contributed by atoms with Crippen LogP contribution in [0.5, 0.6) is 5.75 Å². The molecule has 0 spiro atoms. The van der Waals surface area contributed by atoms with Crippen molar-refractivity contribution in [3.63, 3.8) is 0 Å². The number of carbonyl (C=O) groups is 5. The Morgan fingerprint density at radius 3 is 2.35 bits per heavy atom. The van der Waals surface area contributed by atoms with Crippen molar-refractivity contribution in [1.29, 1.82) is 0 Å². The van der Waals surface area contributed by atoms with Gasteiger partial charge in [-0.2, -0.15) is 0 Å². The van der Waals surface area contributed by atoms with Crippen LogP contribution in [0.3, 0.4) is 0 Å². The number of amides is 5. The number of carbonyl (C=O) groups excluding carboxylic acids is 5. The number of anilines is 2. The Morgan fingerprint density at radius 1 is 0.860 bits per heavy atom. The van der Waals surface area contributed by atoms with Crippen molar-refractivity contribution in [2.45, 2.75) is 56.7 Å². The largest absolute Gasteiger partial charge is 0.488 e. The van der Waals surface area contributed by atoms with Gasteiger partial charge in [-0.15, -0.1) is 0 Å². The molecule has 6 aliphatic rings. The third-order valence-corrected chi connectivity index (χ3v) is 13.2. The summed E-state index contributed by atoms with van der Waals surface area (Å²) in [5.41, 5.74) is 3.60. The molecule has 1 aliphatic carbocycles. The van der Waals surface area contributed by atoms with Crippen molar-refractivity contribution in [1.82, 2.24) is 20.0 Å². The average molecular weight is 790 g/mol. The average Bonchev–Trinajstić information content (AvgIpc) is 3.86. The highest BCUT2D eigenvalue weighted by Crippen LogP contribution is 2.42. The number of rotatable bonds is 8. The highest BCUT2D eigenvalue weighted by molar-refractivity contribution is 6.33. The Kier molecular flexibility index (Phi) is 9.86. The van der Waals surface area contributed by atoms with Crippen molar-refractivity contribution >= 4 is 58.2 Å². The second-order valence-corrected chi connectivity index (χ2v) is 16.5. The van der Waals surface area contributed by atoms with Crippen LogP contribution < -0.4 is 19.9 Å². The van der Waals surface area contributed by atoms with E-state index in [2.05, 4.69) is 37.0 Å². The fourth-order valence-corrected chi connectivity index (χ4v) is 10.0. The molecular formula is C43H44ClN7O6. The Labute approximate surface area is 336 Å². The molecule has 5 fully saturated rings. The van der Waals surface area contributed by atoms with Crippen LogP contribution in [0.4, 0.5) is 17.1 Å². The number of likely N-dealkylation sites (tertiary alicyclic amines) is 1. The highest BCUT2D eigenvalue weighted by Gasteiger charge is 2.51. The minimum atomic E-state index is -0.979. The second-order valence-electron chi connectivity index (χ2n) is 16.1. The predicted molar refractivity (Wildman–Crippen MR) is 213 cm³/mol. The van der Waals surface area contributed by atoms with Crippen LogP contribution in [0.25, 0.3) is 4.85 Å². The number of nitrogens with one attached hydrogen (secondary N) is 1. The van der Waals surface area contributed by atoms with E-state index in [1.165, 1.54) is 0 Å². The lowest BCUT2D eigenvalue weighted by Crippen LogP contribution is -2.54. The maximum Gasteiger partial charge on any atom is 0.264 e. The number of piperazine rings is 1. The standard InChI is InChI=1S/C43H44ClN7O6/c1-45-33-11-10-30(23-32(33)44)57-39-28-7-12-35(39)50(25-28)41(54)27-5-8-29(9-6-27)48-21-19-47(20-22-48)24-26-15-17-49(18-16-26)34-4-2-3-31-38(34)43(56)51(42(31)55)36-13-14-37(52)46-40(36)53/h2-6,8-11,23,26,28,35-36,39H,7,12-22,24-25H2,(H,46,52,53). The first kappa shape index (κ1) is 37.1. The second kappa shape index (κ2) is 15.1. The third kappa shape index (κ3) is 6.89. The molecular weight excluding hydrogens is 746 g/mol. The molecule has 13 nitrogen and oxygen atoms in total. The number of piperidine rings is 3. The van der Waals surface area contributed by atoms with Gasteiger partial charge in [0.05, 0.1) is 34.5 Å². The fraction of sp³-hybridized carbons (Fsp3) is 0.442. The SMILES string of the molecule is [C-]#[N+]c1ccc(OC2C3CCC2N(C(=O)c2ccc(N4CCN(CC5CCN(c6cccc7c6C(=O)N(C6CCC(=O)NC6=O)C7=O)CC5)CC4)cc2)C3)cc1Cl. The zero-order chi connectivity index (χ0) is 39.4. The summed E-state index contributed by atoms with van der Waals surface area (Å²) in [6, 6.07) is 17.5. The Balaban J connectivity index is 0.751. The van der Waals surface area contributed by atoms with E-state index in [9.17, 15) is 24.0 Å². The lowest BCUT2D eigenvalue weighted by molar-refractivity contribution is -0.136. The molecule has 4 saturated heterocycles. The molecule has 9 rings (SSSR count). The molecule has 0 radical (unpaired) electrons. The molecule has 5 aliphatic heterocycles. The minimum absolute atomic E-state index is 0.00792. The molecule has 2 bridgehead atoms. The third-order valence-electron chi connectivity index (χ3n) is 12.9. The first-order valence-electron chi connectivity index (χ1n) is 20.0. The van der Waals surface area contributed by atoms with Crippen molar-refractivity contribution in [3.05, 3.63) is 93.8 Å². The van der Waals surface area contributed by atoms with E-state index in [0.717, 1.165) is 87.8 Å². The van der Waals surface area contributed by atoms with E-state index in [1.54, 1.807) is 30.3 Å². The van der Waals surface area contributed by atoms with E-state index < -0.39 is 23.8 Å². The van der Waals surface area contributed by atoms with Gasteiger partial charge in [-0.05, 0) is 86.6 Å². The van der Waals surface area contributed by atoms with Crippen molar-refractivity contribution < 1.29 is 28.7 Å². The summed E-state index contributed by atoms with van der Waals surface area (Å²) >= 11 is 6.25. The molecule has 1 saturated carbocycles. The molecule has 57 heavy (non-hydrogen) atoms. The van der Waals surface area contributed by atoms with Gasteiger partial charge in [-0.3, -0.25) is 39.1 Å². The summed E-state index contributed by atoms with van der Waals surface area (Å²) in [7, 11) is 0.